The molecule has 2 aromatic rings. The predicted molar refractivity (Wildman–Crippen MR) is 87.0 cm³/mol. The van der Waals surface area contributed by atoms with E-state index in [1.54, 1.807) is 24.3 Å². The minimum absolute atomic E-state index is 0.142. The van der Waals surface area contributed by atoms with Gasteiger partial charge in [0, 0.05) is 5.56 Å². The third-order valence-electron chi connectivity index (χ3n) is 3.58. The van der Waals surface area contributed by atoms with Crippen LogP contribution in [-0.2, 0) is 0 Å². The van der Waals surface area contributed by atoms with Crippen LogP contribution in [0.5, 0.6) is 0 Å². The molecule has 0 spiro atoms. The van der Waals surface area contributed by atoms with Crippen molar-refractivity contribution in [1.82, 2.24) is 4.90 Å². The van der Waals surface area contributed by atoms with Crippen molar-refractivity contribution in [1.29, 1.82) is 0 Å². The molecule has 2 aromatic carbocycles. The first-order chi connectivity index (χ1) is 10.9. The van der Waals surface area contributed by atoms with Crippen molar-refractivity contribution in [3.8, 4) is 0 Å². The number of hydrogen-bond donors (Lipinski definition) is 1. The molecule has 1 aliphatic heterocycles. The van der Waals surface area contributed by atoms with Crippen molar-refractivity contribution in [2.75, 3.05) is 12.3 Å². The monoisotopic (exact) mass is 348 g/mol. The molecule has 0 radical (unpaired) electrons. The summed E-state index contributed by atoms with van der Waals surface area (Å²) < 4.78 is 0. The first-order valence-electron chi connectivity index (χ1n) is 6.63. The van der Waals surface area contributed by atoms with Crippen LogP contribution >= 0.6 is 23.2 Å². The standard InChI is InChI=1S/C16H10Cl2N2O3/c17-11-5-8(6-12(18)14(11)19)13(21)7-20-15(22)9-3-1-2-4-10(9)16(20)23/h1-6H,7,19H2. The van der Waals surface area contributed by atoms with Crippen molar-refractivity contribution in [3.05, 3.63) is 63.1 Å². The highest BCUT2D eigenvalue weighted by molar-refractivity contribution is 6.39. The molecule has 5 nitrogen and oxygen atoms in total. The van der Waals surface area contributed by atoms with Gasteiger partial charge in [0.2, 0.25) is 0 Å². The summed E-state index contributed by atoms with van der Waals surface area (Å²) in [6, 6.07) is 9.16. The molecule has 1 aliphatic rings. The first kappa shape index (κ1) is 15.5. The summed E-state index contributed by atoms with van der Waals surface area (Å²) >= 11 is 11.8. The summed E-state index contributed by atoms with van der Waals surface area (Å²) in [6.07, 6.45) is 0. The fourth-order valence-electron chi connectivity index (χ4n) is 2.36. The van der Waals surface area contributed by atoms with Gasteiger partial charge in [-0.25, -0.2) is 0 Å². The van der Waals surface area contributed by atoms with Crippen LogP contribution in [0.4, 0.5) is 5.69 Å². The number of nitrogen functional groups attached to an aromatic ring is 1. The van der Waals surface area contributed by atoms with Gasteiger partial charge in [0.15, 0.2) is 5.78 Å². The molecule has 0 aliphatic carbocycles. The molecule has 1 heterocycles. The molecule has 0 saturated carbocycles. The lowest BCUT2D eigenvalue weighted by Crippen LogP contribution is -2.34. The number of nitrogens with two attached hydrogens (primary N) is 1. The van der Waals surface area contributed by atoms with Crippen LogP contribution in [0.1, 0.15) is 31.1 Å². The zero-order chi connectivity index (χ0) is 16.7. The minimum atomic E-state index is -0.494. The van der Waals surface area contributed by atoms with Crippen molar-refractivity contribution in [2.24, 2.45) is 0 Å². The number of amides is 2. The van der Waals surface area contributed by atoms with E-state index < -0.39 is 17.6 Å². The van der Waals surface area contributed by atoms with E-state index in [2.05, 4.69) is 0 Å². The van der Waals surface area contributed by atoms with Gasteiger partial charge < -0.3 is 5.73 Å². The van der Waals surface area contributed by atoms with Gasteiger partial charge in [0.25, 0.3) is 11.8 Å². The number of benzene rings is 2. The number of fused-ring (bicyclic) bond motifs is 1. The summed E-state index contributed by atoms with van der Waals surface area (Å²) in [5.74, 6) is -1.44. The lowest BCUT2D eigenvalue weighted by Gasteiger charge is -2.13. The number of rotatable bonds is 3. The van der Waals surface area contributed by atoms with Crippen LogP contribution in [0.25, 0.3) is 0 Å². The van der Waals surface area contributed by atoms with E-state index in [1.165, 1.54) is 12.1 Å². The van der Waals surface area contributed by atoms with Crippen LogP contribution in [0.2, 0.25) is 10.0 Å². The molecule has 2 N–H and O–H groups in total. The van der Waals surface area contributed by atoms with E-state index in [0.717, 1.165) is 4.90 Å². The zero-order valence-electron chi connectivity index (χ0n) is 11.7. The normalized spacial score (nSPS) is 13.4. The number of Topliss-reactive ketones (excluding diaryl/α,β-unsaturated/α-hetero) is 1. The van der Waals surface area contributed by atoms with Gasteiger partial charge in [0.05, 0.1) is 33.4 Å². The molecule has 0 bridgehead atoms. The SMILES string of the molecule is Nc1c(Cl)cc(C(=O)CN2C(=O)c3ccccc3C2=O)cc1Cl. The first-order valence-corrected chi connectivity index (χ1v) is 7.38. The van der Waals surface area contributed by atoms with E-state index in [4.69, 9.17) is 28.9 Å². The van der Waals surface area contributed by atoms with Crippen molar-refractivity contribution < 1.29 is 14.4 Å². The van der Waals surface area contributed by atoms with Crippen molar-refractivity contribution in [2.45, 2.75) is 0 Å². The molecular weight excluding hydrogens is 339 g/mol. The molecule has 116 valence electrons. The van der Waals surface area contributed by atoms with Crippen LogP contribution in [0.3, 0.4) is 0 Å². The second kappa shape index (κ2) is 5.68. The van der Waals surface area contributed by atoms with Gasteiger partial charge in [-0.1, -0.05) is 35.3 Å². The van der Waals surface area contributed by atoms with Crippen LogP contribution < -0.4 is 5.73 Å². The second-order valence-electron chi connectivity index (χ2n) is 5.02. The van der Waals surface area contributed by atoms with E-state index in [-0.39, 0.29) is 27.8 Å². The topological polar surface area (TPSA) is 80.5 Å². The highest BCUT2D eigenvalue weighted by Crippen LogP contribution is 2.29. The molecule has 0 atom stereocenters. The predicted octanol–water partition coefficient (Wildman–Crippen LogP) is 3.05. The van der Waals surface area contributed by atoms with E-state index in [9.17, 15) is 14.4 Å². The summed E-state index contributed by atoms with van der Waals surface area (Å²) in [4.78, 5) is 37.7. The smallest absolute Gasteiger partial charge is 0.261 e. The number of carbonyl (C=O) groups excluding carboxylic acids is 3. The lowest BCUT2D eigenvalue weighted by molar-refractivity contribution is 0.0624. The molecule has 7 heteroatoms. The Balaban J connectivity index is 1.88. The van der Waals surface area contributed by atoms with Gasteiger partial charge in [-0.2, -0.15) is 0 Å². The van der Waals surface area contributed by atoms with Crippen LogP contribution in [0.15, 0.2) is 36.4 Å². The highest BCUT2D eigenvalue weighted by atomic mass is 35.5. The number of hydrogen-bond acceptors (Lipinski definition) is 4. The Morgan fingerprint density at radius 1 is 1.00 bits per heavy atom. The van der Waals surface area contributed by atoms with Crippen molar-refractivity contribution in [3.63, 3.8) is 0 Å². The summed E-state index contributed by atoms with van der Waals surface area (Å²) in [5, 5.41) is 0.284. The average Bonchev–Trinajstić information content (AvgIpc) is 2.77. The quantitative estimate of drug-likeness (QED) is 0.525. The molecule has 3 rings (SSSR count). The molecule has 0 fully saturated rings. The molecule has 0 aromatic heterocycles. The highest BCUT2D eigenvalue weighted by Gasteiger charge is 2.36. The fraction of sp³-hybridized carbons (Fsp3) is 0.0625. The van der Waals surface area contributed by atoms with Gasteiger partial charge >= 0.3 is 0 Å². The largest absolute Gasteiger partial charge is 0.396 e. The summed E-state index contributed by atoms with van der Waals surface area (Å²) in [6.45, 7) is -0.386. The Labute approximate surface area is 141 Å². The number of carbonyl (C=O) groups is 3. The molecule has 2 amide bonds. The maximum Gasteiger partial charge on any atom is 0.261 e. The zero-order valence-corrected chi connectivity index (χ0v) is 13.2. The number of imide groups is 1. The van der Waals surface area contributed by atoms with E-state index >= 15 is 0 Å². The Morgan fingerprint density at radius 3 is 1.96 bits per heavy atom. The maximum atomic E-state index is 12.4. The Morgan fingerprint density at radius 2 is 1.48 bits per heavy atom. The van der Waals surface area contributed by atoms with E-state index in [0.29, 0.717) is 11.1 Å². The number of anilines is 1. The minimum Gasteiger partial charge on any atom is -0.396 e. The van der Waals surface area contributed by atoms with Gasteiger partial charge in [-0.05, 0) is 24.3 Å². The molecule has 0 unspecified atom stereocenters. The third-order valence-corrected chi connectivity index (χ3v) is 4.21. The molecule has 23 heavy (non-hydrogen) atoms. The third kappa shape index (κ3) is 2.58. The summed E-state index contributed by atoms with van der Waals surface area (Å²) in [5.41, 5.74) is 6.56. The molecule has 0 saturated heterocycles. The summed E-state index contributed by atoms with van der Waals surface area (Å²) in [7, 11) is 0. The van der Waals surface area contributed by atoms with E-state index in [1.807, 2.05) is 0 Å². The average molecular weight is 349 g/mol. The fourth-order valence-corrected chi connectivity index (χ4v) is 2.85. The van der Waals surface area contributed by atoms with Crippen molar-refractivity contribution >= 4 is 46.5 Å². The Hall–Kier alpha value is -2.37. The lowest BCUT2D eigenvalue weighted by atomic mass is 10.1. The second-order valence-corrected chi connectivity index (χ2v) is 5.83. The Kier molecular flexibility index (Phi) is 3.83. The van der Waals surface area contributed by atoms with Crippen LogP contribution in [0, 0.1) is 0 Å². The number of nitrogens with zero attached hydrogens (tertiary/aromatic N) is 1. The molecular formula is C16H10Cl2N2O3. The van der Waals surface area contributed by atoms with Gasteiger partial charge in [-0.3, -0.25) is 19.3 Å². The van der Waals surface area contributed by atoms with Gasteiger partial charge in [0.1, 0.15) is 0 Å². The van der Waals surface area contributed by atoms with Crippen LogP contribution in [-0.4, -0.2) is 29.0 Å². The maximum absolute atomic E-state index is 12.4. The Bertz CT molecular complexity index is 806. The van der Waals surface area contributed by atoms with Gasteiger partial charge in [-0.15, -0.1) is 0 Å². The number of halogens is 2. The number of ketones is 1.